The predicted octanol–water partition coefficient (Wildman–Crippen LogP) is 4.13. The summed E-state index contributed by atoms with van der Waals surface area (Å²) in [6.07, 6.45) is 0.0213. The van der Waals surface area contributed by atoms with Gasteiger partial charge in [0.25, 0.3) is 5.91 Å². The number of nitrogens with zero attached hydrogens (tertiary/aromatic N) is 3. The molecule has 7 nitrogen and oxygen atoms in total. The highest BCUT2D eigenvalue weighted by atomic mass is 19.4. The highest BCUT2D eigenvalue weighted by Gasteiger charge is 2.47. The molecule has 3 atom stereocenters. The van der Waals surface area contributed by atoms with Crippen LogP contribution in [0.25, 0.3) is 0 Å². The van der Waals surface area contributed by atoms with Crippen LogP contribution in [-0.2, 0) is 0 Å². The molecule has 192 valence electrons. The largest absolute Gasteiger partial charge is 0.410 e. The first-order valence-electron chi connectivity index (χ1n) is 12.2. The number of anilines is 1. The Morgan fingerprint density at radius 2 is 1.97 bits per heavy atom. The van der Waals surface area contributed by atoms with Crippen LogP contribution in [0.3, 0.4) is 0 Å². The van der Waals surface area contributed by atoms with Gasteiger partial charge in [0.2, 0.25) is 0 Å². The first kappa shape index (κ1) is 25.5. The van der Waals surface area contributed by atoms with Crippen LogP contribution in [0.4, 0.5) is 19.0 Å². The maximum absolute atomic E-state index is 13.9. The standard InChI is InChI=1S/C25H35F3N6O/c1-24(2,16-29-12-11-18-10-7-13-33(18)3)32-23(35)19-15-30-34-21(25(26,27)28)14-20(31-22(19)34)17-8-5-4-6-9-17/h4-6,8-9,15,18,20-21,29,31H,7,10-14,16H2,1-3H3,(H,32,35). The van der Waals surface area contributed by atoms with E-state index in [1.54, 1.807) is 24.3 Å². The van der Waals surface area contributed by atoms with Crippen molar-refractivity contribution in [3.05, 3.63) is 47.7 Å². The lowest BCUT2D eigenvalue weighted by atomic mass is 9.96. The lowest BCUT2D eigenvalue weighted by Crippen LogP contribution is -2.50. The molecule has 10 heteroatoms. The maximum atomic E-state index is 13.9. The molecule has 1 saturated heterocycles. The Morgan fingerprint density at radius 1 is 1.23 bits per heavy atom. The quantitative estimate of drug-likeness (QED) is 0.484. The van der Waals surface area contributed by atoms with Gasteiger partial charge in [0.15, 0.2) is 6.04 Å². The lowest BCUT2D eigenvalue weighted by Gasteiger charge is -2.34. The van der Waals surface area contributed by atoms with Crippen molar-refractivity contribution in [3.8, 4) is 0 Å². The molecular weight excluding hydrogens is 457 g/mol. The second kappa shape index (κ2) is 10.2. The number of nitrogens with one attached hydrogen (secondary N) is 3. The van der Waals surface area contributed by atoms with Crippen molar-refractivity contribution in [3.63, 3.8) is 0 Å². The molecule has 3 N–H and O–H groups in total. The molecular formula is C25H35F3N6O. The van der Waals surface area contributed by atoms with Crippen LogP contribution in [0, 0.1) is 0 Å². The second-order valence-electron chi connectivity index (χ2n) is 10.3. The van der Waals surface area contributed by atoms with Gasteiger partial charge in [0.1, 0.15) is 11.4 Å². The smallest absolute Gasteiger partial charge is 0.363 e. The Balaban J connectivity index is 1.43. The highest BCUT2D eigenvalue weighted by Crippen LogP contribution is 2.44. The molecule has 1 amide bonds. The Morgan fingerprint density at radius 3 is 2.63 bits per heavy atom. The summed E-state index contributed by atoms with van der Waals surface area (Å²) in [5.74, 6) is -0.353. The third kappa shape index (κ3) is 5.98. The van der Waals surface area contributed by atoms with Gasteiger partial charge in [-0.05, 0) is 58.8 Å². The van der Waals surface area contributed by atoms with Crippen molar-refractivity contribution in [1.29, 1.82) is 0 Å². The molecule has 2 aromatic rings. The van der Waals surface area contributed by atoms with E-state index in [1.165, 1.54) is 19.0 Å². The Kier molecular flexibility index (Phi) is 7.42. The fraction of sp³-hybridized carbons (Fsp3) is 0.600. The molecule has 3 unspecified atom stereocenters. The molecule has 4 rings (SSSR count). The Bertz CT molecular complexity index is 1010. The summed E-state index contributed by atoms with van der Waals surface area (Å²) in [6, 6.07) is 7.17. The van der Waals surface area contributed by atoms with E-state index in [1.807, 2.05) is 19.9 Å². The van der Waals surface area contributed by atoms with Crippen molar-refractivity contribution in [2.45, 2.75) is 69.4 Å². The molecule has 35 heavy (non-hydrogen) atoms. The fourth-order valence-electron chi connectivity index (χ4n) is 5.07. The van der Waals surface area contributed by atoms with Gasteiger partial charge in [-0.15, -0.1) is 0 Å². The molecule has 3 heterocycles. The van der Waals surface area contributed by atoms with E-state index >= 15 is 0 Å². The van der Waals surface area contributed by atoms with Gasteiger partial charge < -0.3 is 20.9 Å². The van der Waals surface area contributed by atoms with Gasteiger partial charge >= 0.3 is 6.18 Å². The molecule has 1 aromatic heterocycles. The Hall–Kier alpha value is -2.59. The molecule has 2 aliphatic rings. The zero-order valence-corrected chi connectivity index (χ0v) is 20.5. The van der Waals surface area contributed by atoms with Crippen LogP contribution in [-0.4, -0.2) is 65.0 Å². The summed E-state index contributed by atoms with van der Waals surface area (Å²) >= 11 is 0. The highest BCUT2D eigenvalue weighted by molar-refractivity contribution is 5.99. The summed E-state index contributed by atoms with van der Waals surface area (Å²) < 4.78 is 42.6. The molecule has 0 saturated carbocycles. The van der Waals surface area contributed by atoms with Crippen LogP contribution in [0.15, 0.2) is 36.5 Å². The summed E-state index contributed by atoms with van der Waals surface area (Å²) in [6.45, 7) is 6.31. The third-order valence-electron chi connectivity index (χ3n) is 7.03. The predicted molar refractivity (Wildman–Crippen MR) is 129 cm³/mol. The number of amides is 1. The minimum Gasteiger partial charge on any atom is -0.363 e. The zero-order chi connectivity index (χ0) is 25.2. The van der Waals surface area contributed by atoms with Crippen molar-refractivity contribution in [2.24, 2.45) is 0 Å². The van der Waals surface area contributed by atoms with E-state index in [0.717, 1.165) is 29.8 Å². The van der Waals surface area contributed by atoms with Crippen molar-refractivity contribution >= 4 is 11.7 Å². The minimum atomic E-state index is -4.49. The van der Waals surface area contributed by atoms with E-state index < -0.39 is 29.7 Å². The first-order chi connectivity index (χ1) is 16.5. The second-order valence-corrected chi connectivity index (χ2v) is 10.3. The van der Waals surface area contributed by atoms with Crippen molar-refractivity contribution in [1.82, 2.24) is 25.3 Å². The number of carbonyl (C=O) groups excluding carboxylic acids is 1. The number of likely N-dealkylation sites (tertiary alicyclic amines) is 1. The van der Waals surface area contributed by atoms with Crippen LogP contribution in [0.2, 0.25) is 0 Å². The van der Waals surface area contributed by atoms with E-state index in [2.05, 4.69) is 33.0 Å². The van der Waals surface area contributed by atoms with Gasteiger partial charge in [0, 0.05) is 24.5 Å². The van der Waals surface area contributed by atoms with Gasteiger partial charge in [0.05, 0.1) is 12.2 Å². The van der Waals surface area contributed by atoms with Gasteiger partial charge in [-0.2, -0.15) is 18.3 Å². The van der Waals surface area contributed by atoms with Crippen LogP contribution >= 0.6 is 0 Å². The number of carbonyl (C=O) groups is 1. The van der Waals surface area contributed by atoms with Crippen LogP contribution in [0.1, 0.15) is 67.5 Å². The van der Waals surface area contributed by atoms with Gasteiger partial charge in [-0.1, -0.05) is 30.3 Å². The van der Waals surface area contributed by atoms with E-state index in [9.17, 15) is 18.0 Å². The number of alkyl halides is 3. The molecule has 0 spiro atoms. The summed E-state index contributed by atoms with van der Waals surface area (Å²) in [5.41, 5.74) is 0.253. The number of aromatic nitrogens is 2. The number of fused-ring (bicyclic) bond motifs is 1. The maximum Gasteiger partial charge on any atom is 0.410 e. The summed E-state index contributed by atoms with van der Waals surface area (Å²) in [5, 5.41) is 13.5. The van der Waals surface area contributed by atoms with Crippen molar-refractivity contribution in [2.75, 3.05) is 32.0 Å². The fourth-order valence-corrected chi connectivity index (χ4v) is 5.07. The molecule has 1 fully saturated rings. The Labute approximate surface area is 204 Å². The van der Waals surface area contributed by atoms with Gasteiger partial charge in [-0.25, -0.2) is 4.68 Å². The van der Waals surface area contributed by atoms with E-state index in [-0.39, 0.29) is 17.8 Å². The molecule has 0 radical (unpaired) electrons. The van der Waals surface area contributed by atoms with E-state index in [0.29, 0.717) is 12.6 Å². The average Bonchev–Trinajstić information content (AvgIpc) is 3.41. The van der Waals surface area contributed by atoms with Gasteiger partial charge in [-0.3, -0.25) is 4.79 Å². The molecule has 0 bridgehead atoms. The SMILES string of the molecule is CN1CCCC1CCNCC(C)(C)NC(=O)c1cnn2c1NC(c1ccccc1)CC2C(F)(F)F. The topological polar surface area (TPSA) is 74.2 Å². The number of benzene rings is 1. The van der Waals surface area contributed by atoms with Crippen LogP contribution in [0.5, 0.6) is 0 Å². The zero-order valence-electron chi connectivity index (χ0n) is 20.5. The van der Waals surface area contributed by atoms with Crippen LogP contribution < -0.4 is 16.0 Å². The molecule has 2 aliphatic heterocycles. The lowest BCUT2D eigenvalue weighted by molar-refractivity contribution is -0.173. The minimum absolute atomic E-state index is 0.0953. The number of halogens is 3. The molecule has 0 aliphatic carbocycles. The molecule has 1 aromatic carbocycles. The average molecular weight is 493 g/mol. The van der Waals surface area contributed by atoms with Crippen molar-refractivity contribution < 1.29 is 18.0 Å². The number of rotatable bonds is 8. The first-order valence-corrected chi connectivity index (χ1v) is 12.2. The summed E-state index contributed by atoms with van der Waals surface area (Å²) in [4.78, 5) is 15.5. The monoisotopic (exact) mass is 492 g/mol. The summed E-state index contributed by atoms with van der Waals surface area (Å²) in [7, 11) is 2.15. The number of hydrogen-bond donors (Lipinski definition) is 3. The number of hydrogen-bond acceptors (Lipinski definition) is 5. The normalized spacial score (nSPS) is 23.1. The third-order valence-corrected chi connectivity index (χ3v) is 7.03. The van der Waals surface area contributed by atoms with E-state index in [4.69, 9.17) is 0 Å².